The number of ketones is 1. The molecule has 0 heterocycles. The third-order valence-electron chi connectivity index (χ3n) is 5.45. The van der Waals surface area contributed by atoms with Gasteiger partial charge in [0.25, 0.3) is 0 Å². The fourth-order valence-corrected chi connectivity index (χ4v) is 4.96. The molecule has 132 valence electrons. The third-order valence-corrected chi connectivity index (χ3v) is 5.45. The zero-order valence-corrected chi connectivity index (χ0v) is 13.5. The summed E-state index contributed by atoms with van der Waals surface area (Å²) >= 11 is 0. The van der Waals surface area contributed by atoms with Crippen molar-refractivity contribution in [2.24, 2.45) is 17.8 Å². The van der Waals surface area contributed by atoms with E-state index in [0.717, 1.165) is 19.3 Å². The number of carboxylic acid groups (broad SMARTS) is 1. The zero-order chi connectivity index (χ0) is 17.3. The molecule has 0 N–H and O–H groups in total. The maximum absolute atomic E-state index is 12.0. The van der Waals surface area contributed by atoms with Crippen LogP contribution in [0.3, 0.4) is 0 Å². The molecule has 4 fully saturated rings. The van der Waals surface area contributed by atoms with Crippen LogP contribution >= 0.6 is 0 Å². The van der Waals surface area contributed by atoms with Crippen molar-refractivity contribution >= 4 is 23.7 Å². The number of hydrogen-bond donors (Lipinski definition) is 0. The second-order valence-electron chi connectivity index (χ2n) is 7.45. The maximum atomic E-state index is 12.0. The molecule has 4 aliphatic rings. The Balaban J connectivity index is 1.42. The Morgan fingerprint density at radius 1 is 0.875 bits per heavy atom. The van der Waals surface area contributed by atoms with Crippen LogP contribution in [0.5, 0.6) is 0 Å². The lowest BCUT2D eigenvalue weighted by Crippen LogP contribution is -2.53. The van der Waals surface area contributed by atoms with E-state index < -0.39 is 43.1 Å². The molecule has 0 atom stereocenters. The summed E-state index contributed by atoms with van der Waals surface area (Å²) in [5.74, 6) is -2.44. The molecule has 0 aromatic rings. The Kier molecular flexibility index (Phi) is 4.60. The number of ether oxygens (including phenoxy) is 2. The average molecular weight is 337 g/mol. The highest BCUT2D eigenvalue weighted by Crippen LogP contribution is 2.57. The highest BCUT2D eigenvalue weighted by molar-refractivity contribution is 6.31. The molecular weight excluding hydrogens is 316 g/mol. The van der Waals surface area contributed by atoms with E-state index in [9.17, 15) is 24.3 Å². The van der Waals surface area contributed by atoms with Gasteiger partial charge in [-0.2, -0.15) is 0 Å². The van der Waals surface area contributed by atoms with Crippen LogP contribution in [0.15, 0.2) is 0 Å². The first-order valence-corrected chi connectivity index (χ1v) is 8.47. The molecule has 7 nitrogen and oxygen atoms in total. The van der Waals surface area contributed by atoms with Gasteiger partial charge in [-0.25, -0.2) is 4.79 Å². The van der Waals surface area contributed by atoms with Gasteiger partial charge in [-0.05, 0) is 56.3 Å². The van der Waals surface area contributed by atoms with E-state index in [1.165, 1.54) is 19.3 Å². The monoisotopic (exact) mass is 337 g/mol. The molecule has 0 aromatic carbocycles. The lowest BCUT2D eigenvalue weighted by Gasteiger charge is -2.55. The van der Waals surface area contributed by atoms with E-state index in [2.05, 4.69) is 0 Å². The normalized spacial score (nSPS) is 33.1. The van der Waals surface area contributed by atoms with Gasteiger partial charge < -0.3 is 19.4 Å². The third kappa shape index (κ3) is 3.76. The lowest BCUT2D eigenvalue weighted by atomic mass is 9.54. The van der Waals surface area contributed by atoms with E-state index >= 15 is 0 Å². The maximum Gasteiger partial charge on any atom is 0.344 e. The molecule has 4 aliphatic carbocycles. The van der Waals surface area contributed by atoms with Gasteiger partial charge in [0.2, 0.25) is 0 Å². The van der Waals surface area contributed by atoms with Gasteiger partial charge in [0, 0.05) is 6.42 Å². The predicted octanol–water partition coefficient (Wildman–Crippen LogP) is 0.141. The van der Waals surface area contributed by atoms with Crippen molar-refractivity contribution in [3.8, 4) is 0 Å². The van der Waals surface area contributed by atoms with Crippen molar-refractivity contribution in [2.75, 3.05) is 6.61 Å². The Labute approximate surface area is 139 Å². The van der Waals surface area contributed by atoms with Crippen LogP contribution < -0.4 is 5.11 Å². The largest absolute Gasteiger partial charge is 0.542 e. The van der Waals surface area contributed by atoms with Crippen LogP contribution in [0, 0.1) is 17.8 Å². The molecule has 7 heteroatoms. The first kappa shape index (κ1) is 16.9. The van der Waals surface area contributed by atoms with E-state index in [0.29, 0.717) is 17.8 Å². The minimum atomic E-state index is -1.83. The fourth-order valence-electron chi connectivity index (χ4n) is 4.96. The number of hydrogen-bond acceptors (Lipinski definition) is 7. The van der Waals surface area contributed by atoms with Crippen LogP contribution in [-0.2, 0) is 28.7 Å². The summed E-state index contributed by atoms with van der Waals surface area (Å²) in [5, 5.41) is 10.2. The van der Waals surface area contributed by atoms with Crippen molar-refractivity contribution < 1.29 is 33.8 Å². The van der Waals surface area contributed by atoms with E-state index in [4.69, 9.17) is 9.47 Å². The standard InChI is InChI=1S/C17H22O7/c18-13(16(21)22)1-2-14(19)23-9-15(20)24-17-6-10-3-11(7-17)5-12(4-10)8-17/h10-12H,1-9H2,(H,21,22)/p-1. The summed E-state index contributed by atoms with van der Waals surface area (Å²) in [6.07, 6.45) is 5.52. The van der Waals surface area contributed by atoms with E-state index in [-0.39, 0.29) is 5.60 Å². The minimum absolute atomic E-state index is 0.386. The number of rotatable bonds is 7. The Morgan fingerprint density at radius 2 is 1.42 bits per heavy atom. The molecule has 4 rings (SSSR count). The van der Waals surface area contributed by atoms with Crippen molar-refractivity contribution in [1.29, 1.82) is 0 Å². The quantitative estimate of drug-likeness (QED) is 0.480. The van der Waals surface area contributed by atoms with E-state index in [1.54, 1.807) is 0 Å². The summed E-state index contributed by atoms with van der Waals surface area (Å²) in [5.41, 5.74) is -0.386. The highest BCUT2D eigenvalue weighted by atomic mass is 16.6. The first-order valence-electron chi connectivity index (χ1n) is 8.47. The number of carboxylic acids is 1. The van der Waals surface area contributed by atoms with Crippen LogP contribution in [0.25, 0.3) is 0 Å². The molecule has 0 amide bonds. The number of esters is 2. The molecular formula is C17H21O7-. The number of carbonyl (C=O) groups excluding carboxylic acids is 4. The van der Waals surface area contributed by atoms with Crippen molar-refractivity contribution in [3.63, 3.8) is 0 Å². The number of carbonyl (C=O) groups is 4. The van der Waals surface area contributed by atoms with Crippen LogP contribution in [0.4, 0.5) is 0 Å². The second-order valence-corrected chi connectivity index (χ2v) is 7.45. The van der Waals surface area contributed by atoms with Gasteiger partial charge in [-0.15, -0.1) is 0 Å². The number of Topliss-reactive ketones (excluding diaryl/α,β-unsaturated/α-hetero) is 1. The van der Waals surface area contributed by atoms with Crippen molar-refractivity contribution in [2.45, 2.75) is 57.0 Å². The molecule has 24 heavy (non-hydrogen) atoms. The van der Waals surface area contributed by atoms with Gasteiger partial charge in [0.15, 0.2) is 12.4 Å². The van der Waals surface area contributed by atoms with Gasteiger partial charge in [0.05, 0.1) is 6.42 Å². The van der Waals surface area contributed by atoms with Gasteiger partial charge >= 0.3 is 11.9 Å². The number of aliphatic carboxylic acids is 1. The second kappa shape index (κ2) is 6.53. The summed E-state index contributed by atoms with van der Waals surface area (Å²) in [7, 11) is 0. The van der Waals surface area contributed by atoms with Crippen LogP contribution in [0.2, 0.25) is 0 Å². The summed E-state index contributed by atoms with van der Waals surface area (Å²) < 4.78 is 10.4. The average Bonchev–Trinajstić information content (AvgIpc) is 2.48. The van der Waals surface area contributed by atoms with Crippen molar-refractivity contribution in [3.05, 3.63) is 0 Å². The Hall–Kier alpha value is -1.92. The Bertz CT molecular complexity index is 530. The van der Waals surface area contributed by atoms with Gasteiger partial charge in [-0.1, -0.05) is 0 Å². The predicted molar refractivity (Wildman–Crippen MR) is 77.2 cm³/mol. The first-order chi connectivity index (χ1) is 11.3. The molecule has 0 aromatic heterocycles. The summed E-state index contributed by atoms with van der Waals surface area (Å²) in [4.78, 5) is 44.5. The summed E-state index contributed by atoms with van der Waals surface area (Å²) in [6.45, 7) is -0.500. The SMILES string of the molecule is O=C(CCC(=O)C(=O)[O-])OCC(=O)OC12CC3CC(CC(C3)C1)C2. The Morgan fingerprint density at radius 3 is 1.92 bits per heavy atom. The molecule has 0 aliphatic heterocycles. The smallest absolute Gasteiger partial charge is 0.344 e. The van der Waals surface area contributed by atoms with Crippen LogP contribution in [0.1, 0.15) is 51.4 Å². The highest BCUT2D eigenvalue weighted by Gasteiger charge is 2.53. The molecule has 0 radical (unpaired) electrons. The van der Waals surface area contributed by atoms with Gasteiger partial charge in [-0.3, -0.25) is 9.59 Å². The molecule has 0 saturated heterocycles. The fraction of sp³-hybridized carbons (Fsp3) is 0.765. The van der Waals surface area contributed by atoms with E-state index in [1.807, 2.05) is 0 Å². The topological polar surface area (TPSA) is 110 Å². The van der Waals surface area contributed by atoms with Crippen LogP contribution in [-0.4, -0.2) is 35.9 Å². The molecule has 0 spiro atoms. The van der Waals surface area contributed by atoms with Gasteiger partial charge in [0.1, 0.15) is 11.6 Å². The molecule has 0 unspecified atom stereocenters. The lowest BCUT2D eigenvalue weighted by molar-refractivity contribution is -0.300. The zero-order valence-electron chi connectivity index (χ0n) is 13.5. The minimum Gasteiger partial charge on any atom is -0.542 e. The molecule has 4 saturated carbocycles. The summed E-state index contributed by atoms with van der Waals surface area (Å²) in [6, 6.07) is 0. The molecule has 4 bridgehead atoms. The van der Waals surface area contributed by atoms with Crippen molar-refractivity contribution in [1.82, 2.24) is 0 Å².